The average molecular weight is 369 g/mol. The summed E-state index contributed by atoms with van der Waals surface area (Å²) in [6.45, 7) is 2.29. The first-order chi connectivity index (χ1) is 12.5. The zero-order valence-electron chi connectivity index (χ0n) is 13.8. The fourth-order valence-electron chi connectivity index (χ4n) is 2.60. The molecule has 2 aromatic rings. The van der Waals surface area contributed by atoms with Gasteiger partial charge in [-0.05, 0) is 43.4 Å². The number of nitrogens with zero attached hydrogens (tertiary/aromatic N) is 2. The Morgan fingerprint density at radius 1 is 1.23 bits per heavy atom. The Labute approximate surface area is 155 Å². The van der Waals surface area contributed by atoms with Gasteiger partial charge in [0, 0.05) is 6.07 Å². The van der Waals surface area contributed by atoms with Crippen molar-refractivity contribution in [1.29, 1.82) is 0 Å². The van der Waals surface area contributed by atoms with Crippen molar-refractivity contribution < 1.29 is 14.5 Å². The number of amides is 1. The minimum absolute atomic E-state index is 0.0892. The molecule has 3 rings (SSSR count). The Morgan fingerprint density at radius 3 is 2.65 bits per heavy atom. The zero-order valence-corrected chi connectivity index (χ0v) is 14.7. The third kappa shape index (κ3) is 3.27. The van der Waals surface area contributed by atoms with Crippen LogP contribution < -0.4 is 15.0 Å². The van der Waals surface area contributed by atoms with Gasteiger partial charge in [0.1, 0.15) is 11.4 Å². The van der Waals surface area contributed by atoms with E-state index in [2.05, 4.69) is 5.32 Å². The maximum Gasteiger partial charge on any atom is 0.281 e. The van der Waals surface area contributed by atoms with Gasteiger partial charge in [0.2, 0.25) is 0 Å². The third-order valence-electron chi connectivity index (χ3n) is 3.72. The number of para-hydroxylation sites is 3. The van der Waals surface area contributed by atoms with Crippen LogP contribution in [0.15, 0.2) is 54.2 Å². The Kier molecular flexibility index (Phi) is 4.94. The number of nitrogens with one attached hydrogen (secondary N) is 1. The monoisotopic (exact) mass is 369 g/mol. The quantitative estimate of drug-likeness (QED) is 0.377. The predicted octanol–water partition coefficient (Wildman–Crippen LogP) is 3.26. The van der Waals surface area contributed by atoms with Crippen LogP contribution in [0.25, 0.3) is 6.08 Å². The number of benzene rings is 2. The van der Waals surface area contributed by atoms with Crippen LogP contribution >= 0.6 is 12.2 Å². The summed E-state index contributed by atoms with van der Waals surface area (Å²) in [6.07, 6.45) is 1.43. The van der Waals surface area contributed by atoms with Crippen molar-refractivity contribution in [3.63, 3.8) is 0 Å². The molecular formula is C18H15N3O4S. The van der Waals surface area contributed by atoms with Gasteiger partial charge in [-0.25, -0.2) is 4.90 Å². The number of carbonyl (C=O) groups excluding carboxylic acids is 1. The van der Waals surface area contributed by atoms with E-state index < -0.39 is 10.8 Å². The molecule has 2 aromatic carbocycles. The number of hydrogen-bond donors (Lipinski definition) is 1. The lowest BCUT2D eigenvalue weighted by molar-refractivity contribution is -0.385. The molecule has 1 amide bonds. The molecule has 1 fully saturated rings. The Bertz CT molecular complexity index is 926. The molecule has 0 spiro atoms. The summed E-state index contributed by atoms with van der Waals surface area (Å²) in [6, 6.07) is 13.2. The molecule has 132 valence electrons. The van der Waals surface area contributed by atoms with E-state index in [1.807, 2.05) is 6.92 Å². The zero-order chi connectivity index (χ0) is 18.7. The molecule has 0 atom stereocenters. The first-order valence-electron chi connectivity index (χ1n) is 7.85. The summed E-state index contributed by atoms with van der Waals surface area (Å²) in [5, 5.41) is 14.2. The van der Waals surface area contributed by atoms with Crippen molar-refractivity contribution in [1.82, 2.24) is 5.32 Å². The van der Waals surface area contributed by atoms with Gasteiger partial charge >= 0.3 is 0 Å². The van der Waals surface area contributed by atoms with Gasteiger partial charge in [-0.2, -0.15) is 0 Å². The van der Waals surface area contributed by atoms with Gasteiger partial charge < -0.3 is 10.1 Å². The molecule has 1 N–H and O–H groups in total. The van der Waals surface area contributed by atoms with Crippen molar-refractivity contribution in [2.75, 3.05) is 11.5 Å². The first-order valence-corrected chi connectivity index (χ1v) is 8.26. The summed E-state index contributed by atoms with van der Waals surface area (Å²) < 4.78 is 5.56. The summed E-state index contributed by atoms with van der Waals surface area (Å²) in [5.41, 5.74) is 0.906. The Morgan fingerprint density at radius 2 is 1.92 bits per heavy atom. The minimum atomic E-state index is -0.494. The molecule has 26 heavy (non-hydrogen) atoms. The third-order valence-corrected chi connectivity index (χ3v) is 4.00. The number of nitro groups is 1. The fraction of sp³-hybridized carbons (Fsp3) is 0.111. The molecule has 0 aliphatic carbocycles. The van der Waals surface area contributed by atoms with Gasteiger partial charge in [0.15, 0.2) is 5.11 Å². The highest BCUT2D eigenvalue weighted by atomic mass is 32.1. The van der Waals surface area contributed by atoms with Crippen LogP contribution in [-0.4, -0.2) is 22.5 Å². The molecule has 0 bridgehead atoms. The molecular weight excluding hydrogens is 354 g/mol. The molecule has 1 saturated heterocycles. The van der Waals surface area contributed by atoms with Crippen LogP contribution in [-0.2, 0) is 4.79 Å². The molecule has 1 heterocycles. The molecule has 1 aliphatic rings. The van der Waals surface area contributed by atoms with Gasteiger partial charge in [-0.3, -0.25) is 14.9 Å². The number of thiocarbonyl (C=S) groups is 1. The molecule has 1 aliphatic heterocycles. The van der Waals surface area contributed by atoms with E-state index >= 15 is 0 Å². The standard InChI is InChI=1S/C18H15N3O4S/c1-2-25-16-10-6-5-9-15(16)20-17(22)13(19-18(20)26)11-12-7-3-4-8-14(12)21(23)24/h3-11H,2H2,1H3,(H,19,26)/b13-11+. The molecule has 0 unspecified atom stereocenters. The normalized spacial score (nSPS) is 15.3. The van der Waals surface area contributed by atoms with Gasteiger partial charge in [0.05, 0.1) is 22.8 Å². The van der Waals surface area contributed by atoms with Crippen LogP contribution in [0, 0.1) is 10.1 Å². The second-order valence-corrected chi connectivity index (χ2v) is 5.73. The van der Waals surface area contributed by atoms with Crippen molar-refractivity contribution in [3.05, 3.63) is 69.9 Å². The Balaban J connectivity index is 1.99. The van der Waals surface area contributed by atoms with E-state index in [9.17, 15) is 14.9 Å². The van der Waals surface area contributed by atoms with Crippen LogP contribution in [0.1, 0.15) is 12.5 Å². The SMILES string of the molecule is CCOc1ccccc1N1C(=O)/C(=C\c2ccccc2[N+](=O)[O-])NC1=S. The summed E-state index contributed by atoms with van der Waals surface area (Å²) in [4.78, 5) is 24.8. The number of anilines is 1. The highest BCUT2D eigenvalue weighted by molar-refractivity contribution is 7.80. The number of nitro benzene ring substituents is 1. The summed E-state index contributed by atoms with van der Waals surface area (Å²) in [5.74, 6) is 0.125. The maximum atomic E-state index is 12.8. The number of ether oxygens (including phenoxy) is 1. The average Bonchev–Trinajstić information content (AvgIpc) is 2.90. The van der Waals surface area contributed by atoms with Crippen LogP contribution in [0.4, 0.5) is 11.4 Å². The minimum Gasteiger partial charge on any atom is -0.492 e. The van der Waals surface area contributed by atoms with Crippen molar-refractivity contribution >= 4 is 40.7 Å². The van der Waals surface area contributed by atoms with E-state index in [0.717, 1.165) is 0 Å². The lowest BCUT2D eigenvalue weighted by Gasteiger charge is -2.17. The van der Waals surface area contributed by atoms with E-state index in [-0.39, 0.29) is 16.5 Å². The number of hydrogen-bond acceptors (Lipinski definition) is 5. The van der Waals surface area contributed by atoms with E-state index in [0.29, 0.717) is 23.6 Å². The van der Waals surface area contributed by atoms with Crippen LogP contribution in [0.5, 0.6) is 5.75 Å². The van der Waals surface area contributed by atoms with Crippen LogP contribution in [0.2, 0.25) is 0 Å². The van der Waals surface area contributed by atoms with Gasteiger partial charge in [-0.15, -0.1) is 0 Å². The van der Waals surface area contributed by atoms with E-state index in [1.54, 1.807) is 42.5 Å². The number of carbonyl (C=O) groups is 1. The lowest BCUT2D eigenvalue weighted by Crippen LogP contribution is -2.30. The topological polar surface area (TPSA) is 84.7 Å². The number of rotatable bonds is 5. The lowest BCUT2D eigenvalue weighted by atomic mass is 10.1. The molecule has 0 saturated carbocycles. The van der Waals surface area contributed by atoms with Crippen molar-refractivity contribution in [2.24, 2.45) is 0 Å². The molecule has 8 heteroatoms. The van der Waals surface area contributed by atoms with Crippen molar-refractivity contribution in [3.8, 4) is 5.75 Å². The van der Waals surface area contributed by atoms with Crippen molar-refractivity contribution in [2.45, 2.75) is 6.92 Å². The molecule has 0 radical (unpaired) electrons. The maximum absolute atomic E-state index is 12.8. The predicted molar refractivity (Wildman–Crippen MR) is 102 cm³/mol. The largest absolute Gasteiger partial charge is 0.492 e. The van der Waals surface area contributed by atoms with Gasteiger partial charge in [0.25, 0.3) is 11.6 Å². The second-order valence-electron chi connectivity index (χ2n) is 5.35. The summed E-state index contributed by atoms with van der Waals surface area (Å²) in [7, 11) is 0. The van der Waals surface area contributed by atoms with Gasteiger partial charge in [-0.1, -0.05) is 24.3 Å². The molecule has 0 aromatic heterocycles. The first kappa shape index (κ1) is 17.6. The van der Waals surface area contributed by atoms with E-state index in [4.69, 9.17) is 17.0 Å². The second kappa shape index (κ2) is 7.32. The highest BCUT2D eigenvalue weighted by Gasteiger charge is 2.34. The Hall–Kier alpha value is -3.26. The van der Waals surface area contributed by atoms with E-state index in [1.165, 1.54) is 17.0 Å². The summed E-state index contributed by atoms with van der Waals surface area (Å²) >= 11 is 5.28. The highest BCUT2D eigenvalue weighted by Crippen LogP contribution is 2.32. The fourth-order valence-corrected chi connectivity index (χ4v) is 2.90. The smallest absolute Gasteiger partial charge is 0.281 e. The molecule has 7 nitrogen and oxygen atoms in total. The van der Waals surface area contributed by atoms with Crippen LogP contribution in [0.3, 0.4) is 0 Å².